The van der Waals surface area contributed by atoms with Crippen molar-refractivity contribution in [2.45, 2.75) is 83.6 Å². The molecule has 1 fully saturated rings. The zero-order valence-corrected chi connectivity index (χ0v) is 13.4. The molecule has 0 amide bonds. The van der Waals surface area contributed by atoms with E-state index in [0.717, 1.165) is 18.5 Å². The third-order valence-electron chi connectivity index (χ3n) is 4.84. The van der Waals surface area contributed by atoms with Crippen LogP contribution in [0.25, 0.3) is 0 Å². The first-order valence-corrected chi connectivity index (χ1v) is 8.68. The van der Waals surface area contributed by atoms with Gasteiger partial charge in [-0.2, -0.15) is 0 Å². The lowest BCUT2D eigenvalue weighted by molar-refractivity contribution is 0.211. The van der Waals surface area contributed by atoms with Gasteiger partial charge in [0.2, 0.25) is 0 Å². The summed E-state index contributed by atoms with van der Waals surface area (Å²) >= 11 is 0. The minimum Gasteiger partial charge on any atom is -0.330 e. The lowest BCUT2D eigenvalue weighted by atomic mass is 9.94. The van der Waals surface area contributed by atoms with Crippen molar-refractivity contribution in [1.29, 1.82) is 0 Å². The molecular formula is C17H36N2. The number of hydrogen-bond acceptors (Lipinski definition) is 2. The summed E-state index contributed by atoms with van der Waals surface area (Å²) in [6.07, 6.45) is 15.3. The standard InChI is InChI=1S/C17H36N2/c1-3-9-16(13-14-18)10-8-15-19(2)17-11-6-4-5-7-12-17/h16-17H,3-15,18H2,1-2H3. The molecule has 0 heterocycles. The van der Waals surface area contributed by atoms with E-state index in [1.807, 2.05) is 0 Å². The summed E-state index contributed by atoms with van der Waals surface area (Å²) in [5, 5.41) is 0. The maximum absolute atomic E-state index is 5.72. The van der Waals surface area contributed by atoms with Crippen molar-refractivity contribution in [2.75, 3.05) is 20.1 Å². The molecular weight excluding hydrogens is 232 g/mol. The zero-order chi connectivity index (χ0) is 13.9. The SMILES string of the molecule is CCCC(CCN)CCCN(C)C1CCCCCC1. The second-order valence-corrected chi connectivity index (χ2v) is 6.50. The fourth-order valence-electron chi connectivity index (χ4n) is 3.59. The quantitative estimate of drug-likeness (QED) is 0.635. The van der Waals surface area contributed by atoms with Crippen LogP contribution in [-0.4, -0.2) is 31.1 Å². The van der Waals surface area contributed by atoms with Crippen LogP contribution in [0.1, 0.15) is 77.6 Å². The van der Waals surface area contributed by atoms with Crippen LogP contribution in [-0.2, 0) is 0 Å². The third kappa shape index (κ3) is 7.31. The van der Waals surface area contributed by atoms with Crippen LogP contribution in [0.2, 0.25) is 0 Å². The summed E-state index contributed by atoms with van der Waals surface area (Å²) in [7, 11) is 2.34. The van der Waals surface area contributed by atoms with Gasteiger partial charge < -0.3 is 10.6 Å². The number of nitrogens with zero attached hydrogens (tertiary/aromatic N) is 1. The molecule has 0 aromatic heterocycles. The lowest BCUT2D eigenvalue weighted by Gasteiger charge is -2.27. The monoisotopic (exact) mass is 268 g/mol. The van der Waals surface area contributed by atoms with E-state index in [1.165, 1.54) is 77.2 Å². The molecule has 0 radical (unpaired) electrons. The van der Waals surface area contributed by atoms with E-state index < -0.39 is 0 Å². The predicted octanol–water partition coefficient (Wildman–Crippen LogP) is 4.19. The van der Waals surface area contributed by atoms with Gasteiger partial charge >= 0.3 is 0 Å². The average Bonchev–Trinajstić information content (AvgIpc) is 2.68. The van der Waals surface area contributed by atoms with E-state index in [2.05, 4.69) is 18.9 Å². The highest BCUT2D eigenvalue weighted by atomic mass is 15.1. The molecule has 2 N–H and O–H groups in total. The average molecular weight is 268 g/mol. The molecule has 2 heteroatoms. The third-order valence-corrected chi connectivity index (χ3v) is 4.84. The Kier molecular flexibility index (Phi) is 9.54. The molecule has 1 saturated carbocycles. The Morgan fingerprint density at radius 3 is 2.32 bits per heavy atom. The second-order valence-electron chi connectivity index (χ2n) is 6.50. The highest BCUT2D eigenvalue weighted by molar-refractivity contribution is 4.72. The molecule has 0 saturated heterocycles. The van der Waals surface area contributed by atoms with Crippen LogP contribution in [0, 0.1) is 5.92 Å². The molecule has 1 unspecified atom stereocenters. The molecule has 0 aromatic carbocycles. The van der Waals surface area contributed by atoms with Crippen LogP contribution >= 0.6 is 0 Å². The predicted molar refractivity (Wildman–Crippen MR) is 85.4 cm³/mol. The van der Waals surface area contributed by atoms with Crippen molar-refractivity contribution in [1.82, 2.24) is 4.90 Å². The number of nitrogens with two attached hydrogens (primary N) is 1. The second kappa shape index (κ2) is 10.7. The van der Waals surface area contributed by atoms with Crippen LogP contribution in [0.3, 0.4) is 0 Å². The summed E-state index contributed by atoms with van der Waals surface area (Å²) in [5.41, 5.74) is 5.72. The lowest BCUT2D eigenvalue weighted by Crippen LogP contribution is -2.32. The Labute approximate surface area is 121 Å². The van der Waals surface area contributed by atoms with Gasteiger partial charge in [-0.25, -0.2) is 0 Å². The van der Waals surface area contributed by atoms with Crippen molar-refractivity contribution in [3.05, 3.63) is 0 Å². The van der Waals surface area contributed by atoms with Crippen molar-refractivity contribution >= 4 is 0 Å². The van der Waals surface area contributed by atoms with E-state index in [0.29, 0.717) is 0 Å². The van der Waals surface area contributed by atoms with E-state index in [1.54, 1.807) is 0 Å². The molecule has 1 aliphatic carbocycles. The van der Waals surface area contributed by atoms with Gasteiger partial charge in [-0.15, -0.1) is 0 Å². The topological polar surface area (TPSA) is 29.3 Å². The van der Waals surface area contributed by atoms with Gasteiger partial charge in [0.1, 0.15) is 0 Å². The van der Waals surface area contributed by atoms with E-state index >= 15 is 0 Å². The summed E-state index contributed by atoms with van der Waals surface area (Å²) in [6, 6.07) is 0.863. The Hall–Kier alpha value is -0.0800. The molecule has 2 nitrogen and oxygen atoms in total. The zero-order valence-electron chi connectivity index (χ0n) is 13.4. The molecule has 0 aliphatic heterocycles. The largest absolute Gasteiger partial charge is 0.330 e. The Morgan fingerprint density at radius 1 is 1.05 bits per heavy atom. The van der Waals surface area contributed by atoms with Gasteiger partial charge in [0.05, 0.1) is 0 Å². The van der Waals surface area contributed by atoms with E-state index in [-0.39, 0.29) is 0 Å². The molecule has 114 valence electrons. The number of rotatable bonds is 9. The minimum absolute atomic E-state index is 0.863. The van der Waals surface area contributed by atoms with Gasteiger partial charge in [0.15, 0.2) is 0 Å². The Balaban J connectivity index is 2.18. The van der Waals surface area contributed by atoms with Gasteiger partial charge in [-0.05, 0) is 58.2 Å². The summed E-state index contributed by atoms with van der Waals surface area (Å²) in [4.78, 5) is 2.64. The highest BCUT2D eigenvalue weighted by Crippen LogP contribution is 2.22. The highest BCUT2D eigenvalue weighted by Gasteiger charge is 2.16. The molecule has 19 heavy (non-hydrogen) atoms. The Morgan fingerprint density at radius 2 is 1.74 bits per heavy atom. The molecule has 1 atom stereocenters. The van der Waals surface area contributed by atoms with Crippen LogP contribution < -0.4 is 5.73 Å². The molecule has 0 spiro atoms. The smallest absolute Gasteiger partial charge is 0.00922 e. The van der Waals surface area contributed by atoms with E-state index in [9.17, 15) is 0 Å². The molecule has 0 bridgehead atoms. The van der Waals surface area contributed by atoms with Crippen LogP contribution in [0.4, 0.5) is 0 Å². The first-order chi connectivity index (χ1) is 9.27. The molecule has 1 rings (SSSR count). The summed E-state index contributed by atoms with van der Waals surface area (Å²) < 4.78 is 0. The van der Waals surface area contributed by atoms with Gasteiger partial charge in [0.25, 0.3) is 0 Å². The Bertz CT molecular complexity index is 191. The van der Waals surface area contributed by atoms with Gasteiger partial charge in [-0.1, -0.05) is 45.4 Å². The maximum atomic E-state index is 5.72. The van der Waals surface area contributed by atoms with Gasteiger partial charge in [-0.3, -0.25) is 0 Å². The van der Waals surface area contributed by atoms with Gasteiger partial charge in [0, 0.05) is 6.04 Å². The summed E-state index contributed by atoms with van der Waals surface area (Å²) in [5.74, 6) is 0.873. The van der Waals surface area contributed by atoms with Crippen molar-refractivity contribution in [2.24, 2.45) is 11.7 Å². The number of hydrogen-bond donors (Lipinski definition) is 1. The van der Waals surface area contributed by atoms with Crippen molar-refractivity contribution < 1.29 is 0 Å². The van der Waals surface area contributed by atoms with E-state index in [4.69, 9.17) is 5.73 Å². The van der Waals surface area contributed by atoms with Crippen LogP contribution in [0.5, 0.6) is 0 Å². The first kappa shape index (κ1) is 17.0. The molecule has 0 aromatic rings. The normalized spacial score (nSPS) is 19.6. The molecule has 1 aliphatic rings. The maximum Gasteiger partial charge on any atom is 0.00922 e. The van der Waals surface area contributed by atoms with Crippen molar-refractivity contribution in [3.63, 3.8) is 0 Å². The van der Waals surface area contributed by atoms with Crippen molar-refractivity contribution in [3.8, 4) is 0 Å². The fourth-order valence-corrected chi connectivity index (χ4v) is 3.59. The minimum atomic E-state index is 0.863. The summed E-state index contributed by atoms with van der Waals surface area (Å²) in [6.45, 7) is 4.44. The first-order valence-electron chi connectivity index (χ1n) is 8.68. The van der Waals surface area contributed by atoms with Crippen LogP contribution in [0.15, 0.2) is 0 Å². The fraction of sp³-hybridized carbons (Fsp3) is 1.00.